The van der Waals surface area contributed by atoms with E-state index < -0.39 is 5.97 Å². The van der Waals surface area contributed by atoms with Crippen molar-refractivity contribution in [1.29, 1.82) is 0 Å². The predicted octanol–water partition coefficient (Wildman–Crippen LogP) is 2.70. The molecule has 1 amide bonds. The van der Waals surface area contributed by atoms with Crippen LogP contribution >= 0.6 is 0 Å². The Morgan fingerprint density at radius 2 is 2.16 bits per heavy atom. The molecule has 0 aliphatic heterocycles. The number of amides is 1. The molecular weight excluding hydrogens is 244 g/mol. The summed E-state index contributed by atoms with van der Waals surface area (Å²) in [6.45, 7) is 2.08. The number of aromatic nitrogens is 1. The summed E-state index contributed by atoms with van der Waals surface area (Å²) < 4.78 is 0. The number of pyridine rings is 1. The number of carboxylic acid groups (broad SMARTS) is 1. The van der Waals surface area contributed by atoms with E-state index in [0.29, 0.717) is 17.9 Å². The van der Waals surface area contributed by atoms with E-state index in [9.17, 15) is 9.59 Å². The molecule has 1 heterocycles. The average Bonchev–Trinajstić information content (AvgIpc) is 2.37. The quantitative estimate of drug-likeness (QED) is 0.585. The first-order valence-corrected chi connectivity index (χ1v) is 6.29. The van der Waals surface area contributed by atoms with Crippen LogP contribution in [0, 0.1) is 0 Å². The molecule has 19 heavy (non-hydrogen) atoms. The number of carbonyl (C=O) groups is 2. The number of unbranched alkanes of at least 4 members (excludes halogenated alkanes) is 2. The highest BCUT2D eigenvalue weighted by molar-refractivity contribution is 5.90. The first kappa shape index (κ1) is 14.9. The monoisotopic (exact) mass is 262 g/mol. The molecule has 5 nitrogen and oxygen atoms in total. The van der Waals surface area contributed by atoms with Gasteiger partial charge in [-0.05, 0) is 24.6 Å². The van der Waals surface area contributed by atoms with Gasteiger partial charge in [0.15, 0.2) is 0 Å². The van der Waals surface area contributed by atoms with E-state index in [1.807, 2.05) is 0 Å². The van der Waals surface area contributed by atoms with Crippen LogP contribution in [0.4, 0.5) is 5.82 Å². The van der Waals surface area contributed by atoms with Crippen LogP contribution in [0.25, 0.3) is 6.08 Å². The van der Waals surface area contributed by atoms with Gasteiger partial charge in [-0.25, -0.2) is 9.78 Å². The molecule has 1 aromatic heterocycles. The topological polar surface area (TPSA) is 79.3 Å². The van der Waals surface area contributed by atoms with Gasteiger partial charge in [0.1, 0.15) is 5.82 Å². The number of carboxylic acids is 1. The number of rotatable bonds is 7. The lowest BCUT2D eigenvalue weighted by molar-refractivity contribution is -0.131. The summed E-state index contributed by atoms with van der Waals surface area (Å²) in [7, 11) is 0. The zero-order valence-corrected chi connectivity index (χ0v) is 10.9. The highest BCUT2D eigenvalue weighted by Gasteiger charge is 2.03. The molecule has 0 saturated carbocycles. The van der Waals surface area contributed by atoms with Gasteiger partial charge in [-0.2, -0.15) is 0 Å². The summed E-state index contributed by atoms with van der Waals surface area (Å²) >= 11 is 0. The van der Waals surface area contributed by atoms with Crippen LogP contribution in [-0.4, -0.2) is 22.0 Å². The molecule has 0 aliphatic carbocycles. The number of aliphatic carboxylic acids is 1. The highest BCUT2D eigenvalue weighted by Crippen LogP contribution is 2.08. The van der Waals surface area contributed by atoms with Crippen molar-refractivity contribution in [3.05, 3.63) is 30.0 Å². The highest BCUT2D eigenvalue weighted by atomic mass is 16.4. The Morgan fingerprint density at radius 1 is 1.37 bits per heavy atom. The maximum atomic E-state index is 11.6. The minimum atomic E-state index is -1.03. The zero-order valence-electron chi connectivity index (χ0n) is 10.9. The molecule has 0 atom stereocenters. The second kappa shape index (κ2) is 8.02. The van der Waals surface area contributed by atoms with Crippen molar-refractivity contribution in [3.8, 4) is 0 Å². The lowest BCUT2D eigenvalue weighted by atomic mass is 10.2. The molecule has 102 valence electrons. The third-order valence-corrected chi connectivity index (χ3v) is 2.44. The van der Waals surface area contributed by atoms with E-state index in [2.05, 4.69) is 17.2 Å². The smallest absolute Gasteiger partial charge is 0.328 e. The van der Waals surface area contributed by atoms with Crippen LogP contribution in [0.2, 0.25) is 0 Å². The Bertz CT molecular complexity index is 470. The third kappa shape index (κ3) is 6.35. The molecule has 0 fully saturated rings. The zero-order chi connectivity index (χ0) is 14.1. The normalized spacial score (nSPS) is 10.6. The summed E-state index contributed by atoms with van der Waals surface area (Å²) in [6.07, 6.45) is 5.83. The predicted molar refractivity (Wildman–Crippen MR) is 73.7 cm³/mol. The maximum absolute atomic E-state index is 11.6. The maximum Gasteiger partial charge on any atom is 0.328 e. The van der Waals surface area contributed by atoms with Crippen molar-refractivity contribution in [2.45, 2.75) is 32.6 Å². The third-order valence-electron chi connectivity index (χ3n) is 2.44. The molecule has 5 heteroatoms. The lowest BCUT2D eigenvalue weighted by Crippen LogP contribution is -2.12. The van der Waals surface area contributed by atoms with Gasteiger partial charge in [-0.1, -0.05) is 25.8 Å². The summed E-state index contributed by atoms with van der Waals surface area (Å²) in [4.78, 5) is 26.1. The van der Waals surface area contributed by atoms with Gasteiger partial charge >= 0.3 is 5.97 Å². The van der Waals surface area contributed by atoms with Gasteiger partial charge < -0.3 is 10.4 Å². The second-order valence-electron chi connectivity index (χ2n) is 4.12. The van der Waals surface area contributed by atoms with Crippen LogP contribution < -0.4 is 5.32 Å². The van der Waals surface area contributed by atoms with Crippen molar-refractivity contribution < 1.29 is 14.7 Å². The second-order valence-corrected chi connectivity index (χ2v) is 4.12. The molecule has 0 unspecified atom stereocenters. The van der Waals surface area contributed by atoms with Gasteiger partial charge in [0.25, 0.3) is 0 Å². The Kier molecular flexibility index (Phi) is 6.29. The minimum Gasteiger partial charge on any atom is -0.478 e. The van der Waals surface area contributed by atoms with E-state index >= 15 is 0 Å². The van der Waals surface area contributed by atoms with Gasteiger partial charge in [-0.3, -0.25) is 4.79 Å². The number of nitrogens with zero attached hydrogens (tertiary/aromatic N) is 1. The summed E-state index contributed by atoms with van der Waals surface area (Å²) in [5.74, 6) is -0.662. The molecule has 1 aromatic rings. The minimum absolute atomic E-state index is 0.0692. The summed E-state index contributed by atoms with van der Waals surface area (Å²) in [6, 6.07) is 5.07. The molecule has 0 radical (unpaired) electrons. The lowest BCUT2D eigenvalue weighted by Gasteiger charge is -2.04. The van der Waals surface area contributed by atoms with Gasteiger partial charge in [-0.15, -0.1) is 0 Å². The molecule has 0 spiro atoms. The first-order valence-electron chi connectivity index (χ1n) is 6.29. The number of carbonyl (C=O) groups excluding carboxylic acids is 1. The fourth-order valence-corrected chi connectivity index (χ4v) is 1.51. The number of hydrogen-bond acceptors (Lipinski definition) is 3. The van der Waals surface area contributed by atoms with E-state index in [-0.39, 0.29) is 5.91 Å². The van der Waals surface area contributed by atoms with Crippen LogP contribution in [0.5, 0.6) is 0 Å². The Hall–Kier alpha value is -2.17. The van der Waals surface area contributed by atoms with E-state index in [4.69, 9.17) is 5.11 Å². The largest absolute Gasteiger partial charge is 0.478 e. The van der Waals surface area contributed by atoms with Crippen LogP contribution in [0.15, 0.2) is 24.3 Å². The molecule has 0 aliphatic rings. The number of anilines is 1. The first-order chi connectivity index (χ1) is 9.11. The molecule has 0 bridgehead atoms. The molecule has 0 saturated heterocycles. The van der Waals surface area contributed by atoms with E-state index in [0.717, 1.165) is 25.3 Å². The SMILES string of the molecule is CCCCCC(=O)Nc1cccc(C=CC(=O)O)n1. The number of hydrogen-bond donors (Lipinski definition) is 2. The standard InChI is InChI=1S/C14H18N2O3/c1-2-3-4-8-13(17)16-12-7-5-6-11(15-12)9-10-14(18)19/h5-7,9-10H,2-4,8H2,1H3,(H,18,19)(H,15,16,17). The molecular formula is C14H18N2O3. The van der Waals surface area contributed by atoms with Gasteiger partial charge in [0.2, 0.25) is 5.91 Å². The van der Waals surface area contributed by atoms with Crippen molar-refractivity contribution in [2.75, 3.05) is 5.32 Å². The summed E-state index contributed by atoms with van der Waals surface area (Å²) in [5, 5.41) is 11.2. The van der Waals surface area contributed by atoms with Gasteiger partial charge in [0.05, 0.1) is 5.69 Å². The van der Waals surface area contributed by atoms with Crippen molar-refractivity contribution >= 4 is 23.8 Å². The van der Waals surface area contributed by atoms with Crippen molar-refractivity contribution in [3.63, 3.8) is 0 Å². The van der Waals surface area contributed by atoms with Crippen LogP contribution in [0.1, 0.15) is 38.3 Å². The fraction of sp³-hybridized carbons (Fsp3) is 0.357. The summed E-state index contributed by atoms with van der Waals surface area (Å²) in [5.41, 5.74) is 0.494. The average molecular weight is 262 g/mol. The van der Waals surface area contributed by atoms with Crippen molar-refractivity contribution in [1.82, 2.24) is 4.98 Å². The van der Waals surface area contributed by atoms with Crippen molar-refractivity contribution in [2.24, 2.45) is 0 Å². The Morgan fingerprint density at radius 3 is 2.84 bits per heavy atom. The Labute approximate surface area is 112 Å². The van der Waals surface area contributed by atoms with Crippen LogP contribution in [-0.2, 0) is 9.59 Å². The fourth-order valence-electron chi connectivity index (χ4n) is 1.51. The van der Waals surface area contributed by atoms with E-state index in [1.165, 1.54) is 6.08 Å². The Balaban J connectivity index is 2.56. The molecule has 0 aromatic carbocycles. The van der Waals surface area contributed by atoms with E-state index in [1.54, 1.807) is 18.2 Å². The van der Waals surface area contributed by atoms with Gasteiger partial charge in [0, 0.05) is 12.5 Å². The van der Waals surface area contributed by atoms with Crippen LogP contribution in [0.3, 0.4) is 0 Å². The number of nitrogens with one attached hydrogen (secondary N) is 1. The molecule has 1 rings (SSSR count). The molecule has 2 N–H and O–H groups in total.